The zero-order valence-electron chi connectivity index (χ0n) is 17.4. The van der Waals surface area contributed by atoms with Gasteiger partial charge >= 0.3 is 5.97 Å². The van der Waals surface area contributed by atoms with Crippen LogP contribution in [0.25, 0.3) is 0 Å². The third kappa shape index (κ3) is 6.36. The summed E-state index contributed by atoms with van der Waals surface area (Å²) in [6, 6.07) is 16.7. The van der Waals surface area contributed by atoms with Crippen molar-refractivity contribution < 1.29 is 31.5 Å². The number of esters is 1. The van der Waals surface area contributed by atoms with Crippen LogP contribution >= 0.6 is 0 Å². The van der Waals surface area contributed by atoms with Gasteiger partial charge in [0.1, 0.15) is 0 Å². The number of halogens is 2. The van der Waals surface area contributed by atoms with Gasteiger partial charge in [-0.25, -0.2) is 22.0 Å². The van der Waals surface area contributed by atoms with Crippen LogP contribution < -0.4 is 10.0 Å². The number of hydrogen-bond donors (Lipinski definition) is 2. The van der Waals surface area contributed by atoms with Crippen molar-refractivity contribution in [2.75, 3.05) is 4.72 Å². The number of carbonyl (C=O) groups is 2. The molecular weight excluding hydrogens is 454 g/mol. The van der Waals surface area contributed by atoms with Crippen molar-refractivity contribution >= 4 is 27.6 Å². The molecule has 0 saturated heterocycles. The summed E-state index contributed by atoms with van der Waals surface area (Å²) in [4.78, 5) is 24.2. The summed E-state index contributed by atoms with van der Waals surface area (Å²) in [5, 5.41) is 2.66. The van der Waals surface area contributed by atoms with E-state index in [1.165, 1.54) is 31.2 Å². The smallest absolute Gasteiger partial charge is 0.338 e. The molecule has 7 nitrogen and oxygen atoms in total. The second-order valence-electron chi connectivity index (χ2n) is 7.01. The van der Waals surface area contributed by atoms with Crippen molar-refractivity contribution in [3.63, 3.8) is 0 Å². The van der Waals surface area contributed by atoms with Crippen LogP contribution in [0.5, 0.6) is 0 Å². The number of hydrogen-bond acceptors (Lipinski definition) is 5. The Hall–Kier alpha value is -3.79. The highest BCUT2D eigenvalue weighted by atomic mass is 32.2. The average molecular weight is 474 g/mol. The number of nitrogens with one attached hydrogen (secondary N) is 2. The Kier molecular flexibility index (Phi) is 7.39. The summed E-state index contributed by atoms with van der Waals surface area (Å²) < 4.78 is 58.7. The fraction of sp³-hybridized carbons (Fsp3) is 0.130. The van der Waals surface area contributed by atoms with Crippen molar-refractivity contribution in [1.29, 1.82) is 0 Å². The SMILES string of the molecule is C[C@H](OC(=O)c1cccc(NS(=O)(=O)c2ccc(F)c(F)c2)c1)C(=O)NCc1ccccc1. The first kappa shape index (κ1) is 23.9. The molecule has 0 unspecified atom stereocenters. The van der Waals surface area contributed by atoms with Gasteiger partial charge < -0.3 is 10.1 Å². The third-order valence-electron chi connectivity index (χ3n) is 4.51. The highest BCUT2D eigenvalue weighted by molar-refractivity contribution is 7.92. The summed E-state index contributed by atoms with van der Waals surface area (Å²) in [6.07, 6.45) is -1.09. The van der Waals surface area contributed by atoms with E-state index < -0.39 is 44.5 Å². The number of ether oxygens (including phenoxy) is 1. The first-order valence-electron chi connectivity index (χ1n) is 9.76. The lowest BCUT2D eigenvalue weighted by molar-refractivity contribution is -0.129. The lowest BCUT2D eigenvalue weighted by Gasteiger charge is -2.14. The average Bonchev–Trinajstić information content (AvgIpc) is 2.79. The molecule has 3 rings (SSSR count). The minimum Gasteiger partial charge on any atom is -0.449 e. The van der Waals surface area contributed by atoms with Crippen LogP contribution in [-0.2, 0) is 26.1 Å². The van der Waals surface area contributed by atoms with E-state index in [0.29, 0.717) is 12.1 Å². The second-order valence-corrected chi connectivity index (χ2v) is 8.70. The normalized spacial score (nSPS) is 12.0. The largest absolute Gasteiger partial charge is 0.449 e. The lowest BCUT2D eigenvalue weighted by Crippen LogP contribution is -2.35. The maximum absolute atomic E-state index is 13.4. The second kappa shape index (κ2) is 10.2. The molecule has 0 fully saturated rings. The van der Waals surface area contributed by atoms with Gasteiger partial charge in [0.15, 0.2) is 17.7 Å². The van der Waals surface area contributed by atoms with Gasteiger partial charge in [0.05, 0.1) is 10.5 Å². The van der Waals surface area contributed by atoms with Gasteiger partial charge in [0, 0.05) is 12.2 Å². The zero-order valence-corrected chi connectivity index (χ0v) is 18.2. The van der Waals surface area contributed by atoms with E-state index in [1.807, 2.05) is 30.3 Å². The quantitative estimate of drug-likeness (QED) is 0.486. The van der Waals surface area contributed by atoms with E-state index >= 15 is 0 Å². The van der Waals surface area contributed by atoms with E-state index in [9.17, 15) is 26.8 Å². The first-order valence-corrected chi connectivity index (χ1v) is 11.2. The van der Waals surface area contributed by atoms with Gasteiger partial charge in [-0.1, -0.05) is 36.4 Å². The monoisotopic (exact) mass is 474 g/mol. The van der Waals surface area contributed by atoms with Crippen LogP contribution in [0.15, 0.2) is 77.7 Å². The zero-order chi connectivity index (χ0) is 24.0. The van der Waals surface area contributed by atoms with E-state index in [2.05, 4.69) is 10.0 Å². The number of benzene rings is 3. The fourth-order valence-electron chi connectivity index (χ4n) is 2.78. The molecule has 2 N–H and O–H groups in total. The standard InChI is InChI=1S/C23H20F2N2O5S/c1-15(22(28)26-14-16-6-3-2-4-7-16)32-23(29)17-8-5-9-18(12-17)27-33(30,31)19-10-11-20(24)21(25)13-19/h2-13,15,27H,14H2,1H3,(H,26,28)/t15-/m0/s1. The van der Waals surface area contributed by atoms with Crippen molar-refractivity contribution in [2.24, 2.45) is 0 Å². The Balaban J connectivity index is 1.63. The van der Waals surface area contributed by atoms with Crippen molar-refractivity contribution in [3.8, 4) is 0 Å². The highest BCUT2D eigenvalue weighted by Gasteiger charge is 2.20. The molecule has 0 bridgehead atoms. The Morgan fingerprint density at radius 1 is 0.939 bits per heavy atom. The van der Waals surface area contributed by atoms with Crippen LogP contribution in [0.4, 0.5) is 14.5 Å². The summed E-state index contributed by atoms with van der Waals surface area (Å²) >= 11 is 0. The minimum atomic E-state index is -4.24. The molecule has 10 heteroatoms. The molecule has 3 aromatic rings. The number of anilines is 1. The third-order valence-corrected chi connectivity index (χ3v) is 5.89. The molecule has 0 heterocycles. The van der Waals surface area contributed by atoms with E-state index in [-0.39, 0.29) is 17.8 Å². The molecule has 0 saturated carbocycles. The predicted octanol–water partition coefficient (Wildman–Crippen LogP) is 3.63. The van der Waals surface area contributed by atoms with Gasteiger partial charge in [0.2, 0.25) is 0 Å². The Morgan fingerprint density at radius 3 is 2.36 bits per heavy atom. The molecule has 0 aliphatic heterocycles. The highest BCUT2D eigenvalue weighted by Crippen LogP contribution is 2.20. The van der Waals surface area contributed by atoms with Gasteiger partial charge in [-0.05, 0) is 48.9 Å². The molecule has 0 aliphatic rings. The first-order chi connectivity index (χ1) is 15.7. The summed E-state index contributed by atoms with van der Waals surface area (Å²) in [7, 11) is -4.24. The molecule has 0 aliphatic carbocycles. The molecule has 1 amide bonds. The molecule has 1 atom stereocenters. The minimum absolute atomic E-state index is 0.00429. The van der Waals surface area contributed by atoms with Crippen LogP contribution in [0.1, 0.15) is 22.8 Å². The van der Waals surface area contributed by atoms with Crippen LogP contribution in [-0.4, -0.2) is 26.4 Å². The number of sulfonamides is 1. The van der Waals surface area contributed by atoms with Crippen molar-refractivity contribution in [3.05, 3.63) is 95.6 Å². The molecule has 33 heavy (non-hydrogen) atoms. The Morgan fingerprint density at radius 2 is 1.67 bits per heavy atom. The van der Waals surface area contributed by atoms with Crippen LogP contribution in [0.3, 0.4) is 0 Å². The Labute approximate surface area is 189 Å². The predicted molar refractivity (Wildman–Crippen MR) is 117 cm³/mol. The molecular formula is C23H20F2N2O5S. The number of rotatable bonds is 8. The summed E-state index contributed by atoms with van der Waals surface area (Å²) in [6.45, 7) is 1.68. The molecule has 0 aromatic heterocycles. The summed E-state index contributed by atoms with van der Waals surface area (Å²) in [5.74, 6) is -3.83. The van der Waals surface area contributed by atoms with Gasteiger partial charge in [-0.3, -0.25) is 9.52 Å². The van der Waals surface area contributed by atoms with Crippen molar-refractivity contribution in [1.82, 2.24) is 5.32 Å². The topological polar surface area (TPSA) is 102 Å². The number of amides is 1. The molecule has 0 spiro atoms. The number of carbonyl (C=O) groups excluding carboxylic acids is 2. The molecule has 3 aromatic carbocycles. The maximum atomic E-state index is 13.4. The van der Waals surface area contributed by atoms with Crippen LogP contribution in [0, 0.1) is 11.6 Å². The van der Waals surface area contributed by atoms with Gasteiger partial charge in [-0.2, -0.15) is 0 Å². The van der Waals surface area contributed by atoms with Gasteiger partial charge in [-0.15, -0.1) is 0 Å². The van der Waals surface area contributed by atoms with Crippen molar-refractivity contribution in [2.45, 2.75) is 24.5 Å². The molecule has 0 radical (unpaired) electrons. The van der Waals surface area contributed by atoms with E-state index in [4.69, 9.17) is 4.74 Å². The maximum Gasteiger partial charge on any atom is 0.338 e. The van der Waals surface area contributed by atoms with E-state index in [1.54, 1.807) is 0 Å². The Bertz CT molecular complexity index is 1270. The fourth-order valence-corrected chi connectivity index (χ4v) is 3.84. The lowest BCUT2D eigenvalue weighted by atomic mass is 10.2. The summed E-state index contributed by atoms with van der Waals surface area (Å²) in [5.41, 5.74) is 0.865. The van der Waals surface area contributed by atoms with E-state index in [0.717, 1.165) is 11.6 Å². The van der Waals surface area contributed by atoms with Crippen LogP contribution in [0.2, 0.25) is 0 Å². The van der Waals surface area contributed by atoms with Gasteiger partial charge in [0.25, 0.3) is 15.9 Å². The molecule has 172 valence electrons.